The lowest BCUT2D eigenvalue weighted by molar-refractivity contribution is -0.121. The maximum absolute atomic E-state index is 11.8. The van der Waals surface area contributed by atoms with Crippen molar-refractivity contribution in [3.05, 3.63) is 35.9 Å². The average molecular weight is 303 g/mol. The third-order valence-corrected chi connectivity index (χ3v) is 4.16. The first-order chi connectivity index (χ1) is 10.7. The first-order valence-electron chi connectivity index (χ1n) is 8.01. The summed E-state index contributed by atoms with van der Waals surface area (Å²) in [5, 5.41) is 6.00. The van der Waals surface area contributed by atoms with E-state index in [0.717, 1.165) is 5.56 Å². The van der Waals surface area contributed by atoms with E-state index in [9.17, 15) is 9.59 Å². The van der Waals surface area contributed by atoms with Gasteiger partial charge in [0.25, 0.3) is 0 Å². The summed E-state index contributed by atoms with van der Waals surface area (Å²) in [6.45, 7) is 1.01. The lowest BCUT2D eigenvalue weighted by Gasteiger charge is -2.16. The summed E-state index contributed by atoms with van der Waals surface area (Å²) >= 11 is 0. The molecule has 2 amide bonds. The van der Waals surface area contributed by atoms with Crippen molar-refractivity contribution in [1.82, 2.24) is 10.6 Å². The zero-order valence-electron chi connectivity index (χ0n) is 12.9. The van der Waals surface area contributed by atoms with E-state index < -0.39 is 11.9 Å². The van der Waals surface area contributed by atoms with Gasteiger partial charge in [0.15, 0.2) is 0 Å². The summed E-state index contributed by atoms with van der Waals surface area (Å²) in [6.07, 6.45) is 5.46. The van der Waals surface area contributed by atoms with Gasteiger partial charge in [0.1, 0.15) is 6.04 Å². The first-order valence-corrected chi connectivity index (χ1v) is 8.01. The Bertz CT molecular complexity index is 484. The van der Waals surface area contributed by atoms with Crippen molar-refractivity contribution in [2.24, 2.45) is 11.7 Å². The van der Waals surface area contributed by atoms with Crippen molar-refractivity contribution in [2.45, 2.75) is 38.1 Å². The predicted molar refractivity (Wildman–Crippen MR) is 86.0 cm³/mol. The lowest BCUT2D eigenvalue weighted by Crippen LogP contribution is -2.38. The van der Waals surface area contributed by atoms with Crippen LogP contribution in [-0.4, -0.2) is 24.9 Å². The van der Waals surface area contributed by atoms with Gasteiger partial charge >= 0.3 is 0 Å². The number of amides is 2. The Hall–Kier alpha value is -1.88. The van der Waals surface area contributed by atoms with E-state index in [4.69, 9.17) is 5.73 Å². The average Bonchev–Trinajstić information content (AvgIpc) is 3.00. The largest absolute Gasteiger partial charge is 0.368 e. The molecule has 1 aliphatic carbocycles. The van der Waals surface area contributed by atoms with Crippen molar-refractivity contribution in [3.8, 4) is 0 Å². The third kappa shape index (κ3) is 5.15. The third-order valence-electron chi connectivity index (χ3n) is 4.16. The molecule has 0 unspecified atom stereocenters. The molecule has 5 heteroatoms. The molecular formula is C17H25N3O2. The Morgan fingerprint density at radius 2 is 1.82 bits per heavy atom. The standard InChI is InChI=1S/C17H25N3O2/c18-17(22)16(14-8-2-1-3-9-14)20-11-10-19-15(21)12-13-6-4-5-7-13/h1-3,8-9,13,16,20H,4-7,10-12H2,(H2,18,22)(H,19,21)/t16-/m1/s1. The Morgan fingerprint density at radius 3 is 2.45 bits per heavy atom. The van der Waals surface area contributed by atoms with Gasteiger partial charge in [0.2, 0.25) is 11.8 Å². The van der Waals surface area contributed by atoms with Crippen LogP contribution in [0.25, 0.3) is 0 Å². The quantitative estimate of drug-likeness (QED) is 0.636. The second-order valence-corrected chi connectivity index (χ2v) is 5.90. The molecule has 0 aliphatic heterocycles. The fourth-order valence-corrected chi connectivity index (χ4v) is 3.00. The van der Waals surface area contributed by atoms with E-state index >= 15 is 0 Å². The Morgan fingerprint density at radius 1 is 1.14 bits per heavy atom. The highest BCUT2D eigenvalue weighted by Crippen LogP contribution is 2.27. The molecule has 0 bridgehead atoms. The zero-order chi connectivity index (χ0) is 15.8. The molecule has 0 aromatic heterocycles. The molecule has 1 atom stereocenters. The Kier molecular flexibility index (Phi) is 6.40. The number of hydrogen-bond donors (Lipinski definition) is 3. The number of rotatable bonds is 8. The first kappa shape index (κ1) is 16.5. The molecule has 1 fully saturated rings. The van der Waals surface area contributed by atoms with Crippen LogP contribution < -0.4 is 16.4 Å². The Labute approximate surface area is 131 Å². The molecule has 4 N–H and O–H groups in total. The van der Waals surface area contributed by atoms with Crippen molar-refractivity contribution < 1.29 is 9.59 Å². The van der Waals surface area contributed by atoms with Crippen LogP contribution >= 0.6 is 0 Å². The van der Waals surface area contributed by atoms with Gasteiger partial charge in [-0.05, 0) is 24.3 Å². The highest BCUT2D eigenvalue weighted by Gasteiger charge is 2.19. The molecule has 1 saturated carbocycles. The van der Waals surface area contributed by atoms with Crippen LogP contribution in [0, 0.1) is 5.92 Å². The highest BCUT2D eigenvalue weighted by atomic mass is 16.2. The van der Waals surface area contributed by atoms with Crippen LogP contribution in [0.15, 0.2) is 30.3 Å². The van der Waals surface area contributed by atoms with Gasteiger partial charge in [0, 0.05) is 19.5 Å². The van der Waals surface area contributed by atoms with Gasteiger partial charge in [-0.2, -0.15) is 0 Å². The van der Waals surface area contributed by atoms with E-state index in [0.29, 0.717) is 25.4 Å². The van der Waals surface area contributed by atoms with Gasteiger partial charge in [-0.15, -0.1) is 0 Å². The molecule has 2 rings (SSSR count). The molecule has 0 saturated heterocycles. The fourth-order valence-electron chi connectivity index (χ4n) is 3.00. The number of benzene rings is 1. The fraction of sp³-hybridized carbons (Fsp3) is 0.529. The minimum absolute atomic E-state index is 0.101. The van der Waals surface area contributed by atoms with Crippen molar-refractivity contribution in [3.63, 3.8) is 0 Å². The van der Waals surface area contributed by atoms with E-state index in [1.54, 1.807) is 0 Å². The van der Waals surface area contributed by atoms with E-state index in [2.05, 4.69) is 10.6 Å². The Balaban J connectivity index is 1.69. The molecule has 22 heavy (non-hydrogen) atoms. The van der Waals surface area contributed by atoms with Gasteiger partial charge in [-0.1, -0.05) is 43.2 Å². The molecular weight excluding hydrogens is 278 g/mol. The summed E-state index contributed by atoms with van der Waals surface area (Å²) in [4.78, 5) is 23.3. The number of hydrogen-bond acceptors (Lipinski definition) is 3. The summed E-state index contributed by atoms with van der Waals surface area (Å²) in [5.74, 6) is 0.239. The molecule has 1 aromatic carbocycles. The van der Waals surface area contributed by atoms with Crippen LogP contribution in [0.4, 0.5) is 0 Å². The number of carbonyl (C=O) groups is 2. The maximum atomic E-state index is 11.8. The summed E-state index contributed by atoms with van der Waals surface area (Å²) < 4.78 is 0. The van der Waals surface area contributed by atoms with Crippen LogP contribution in [0.3, 0.4) is 0 Å². The monoisotopic (exact) mass is 303 g/mol. The van der Waals surface area contributed by atoms with Crippen molar-refractivity contribution in [1.29, 1.82) is 0 Å². The van der Waals surface area contributed by atoms with E-state index in [1.165, 1.54) is 25.7 Å². The van der Waals surface area contributed by atoms with Crippen LogP contribution in [0.2, 0.25) is 0 Å². The minimum Gasteiger partial charge on any atom is -0.368 e. The summed E-state index contributed by atoms with van der Waals surface area (Å²) in [7, 11) is 0. The van der Waals surface area contributed by atoms with E-state index in [1.807, 2.05) is 30.3 Å². The number of nitrogens with two attached hydrogens (primary N) is 1. The molecule has 0 heterocycles. The van der Waals surface area contributed by atoms with Gasteiger partial charge in [-0.25, -0.2) is 0 Å². The van der Waals surface area contributed by atoms with Gasteiger partial charge < -0.3 is 16.4 Å². The lowest BCUT2D eigenvalue weighted by atomic mass is 10.0. The minimum atomic E-state index is -0.520. The number of nitrogens with one attached hydrogen (secondary N) is 2. The smallest absolute Gasteiger partial charge is 0.239 e. The topological polar surface area (TPSA) is 84.2 Å². The van der Waals surface area contributed by atoms with Crippen molar-refractivity contribution >= 4 is 11.8 Å². The SMILES string of the molecule is NC(=O)[C@H](NCCNC(=O)CC1CCCC1)c1ccccc1. The molecule has 0 spiro atoms. The molecule has 5 nitrogen and oxygen atoms in total. The van der Waals surface area contributed by atoms with E-state index in [-0.39, 0.29) is 5.91 Å². The highest BCUT2D eigenvalue weighted by molar-refractivity contribution is 5.81. The maximum Gasteiger partial charge on any atom is 0.239 e. The summed E-state index contributed by atoms with van der Waals surface area (Å²) in [5.41, 5.74) is 6.27. The van der Waals surface area contributed by atoms with Crippen molar-refractivity contribution in [2.75, 3.05) is 13.1 Å². The molecule has 120 valence electrons. The molecule has 1 aromatic rings. The number of primary amides is 1. The predicted octanol–water partition coefficient (Wildman–Crippen LogP) is 1.50. The van der Waals surface area contributed by atoms with Crippen LogP contribution in [0.1, 0.15) is 43.7 Å². The summed E-state index contributed by atoms with van der Waals surface area (Å²) in [6, 6.07) is 8.84. The van der Waals surface area contributed by atoms with Gasteiger partial charge in [0.05, 0.1) is 0 Å². The van der Waals surface area contributed by atoms with Crippen LogP contribution in [-0.2, 0) is 9.59 Å². The van der Waals surface area contributed by atoms with Gasteiger partial charge in [-0.3, -0.25) is 9.59 Å². The molecule has 1 aliphatic rings. The molecule has 0 radical (unpaired) electrons. The zero-order valence-corrected chi connectivity index (χ0v) is 12.9. The van der Waals surface area contributed by atoms with Crippen LogP contribution in [0.5, 0.6) is 0 Å². The second kappa shape index (κ2) is 8.54. The number of carbonyl (C=O) groups excluding carboxylic acids is 2. The second-order valence-electron chi connectivity index (χ2n) is 5.90. The normalized spacial score (nSPS) is 16.4.